The lowest BCUT2D eigenvalue weighted by Gasteiger charge is -2.34. The highest BCUT2D eigenvalue weighted by molar-refractivity contribution is 6.30. The van der Waals surface area contributed by atoms with Gasteiger partial charge in [-0.3, -0.25) is 9.59 Å². The third-order valence-electron chi connectivity index (χ3n) is 5.45. The number of benzene rings is 2. The molecule has 0 saturated carbocycles. The molecule has 1 N–H and O–H groups in total. The molecule has 0 unspecified atom stereocenters. The van der Waals surface area contributed by atoms with Gasteiger partial charge in [-0.05, 0) is 43.2 Å². The maximum atomic E-state index is 12.9. The van der Waals surface area contributed by atoms with Gasteiger partial charge in [-0.2, -0.15) is 0 Å². The second-order valence-corrected chi connectivity index (χ2v) is 7.77. The summed E-state index contributed by atoms with van der Waals surface area (Å²) >= 11 is 5.91. The summed E-state index contributed by atoms with van der Waals surface area (Å²) in [5.41, 5.74) is 1.62. The molecule has 28 heavy (non-hydrogen) atoms. The van der Waals surface area contributed by atoms with Crippen LogP contribution in [0.1, 0.15) is 41.2 Å². The molecule has 6 heteroatoms. The van der Waals surface area contributed by atoms with Crippen LogP contribution in [-0.4, -0.2) is 36.4 Å². The molecule has 2 aliphatic heterocycles. The van der Waals surface area contributed by atoms with Crippen LogP contribution in [0, 0.1) is 5.92 Å². The minimum atomic E-state index is -0.194. The number of carbonyl (C=O) groups excluding carboxylic acids is 2. The van der Waals surface area contributed by atoms with E-state index in [-0.39, 0.29) is 23.8 Å². The fourth-order valence-electron chi connectivity index (χ4n) is 3.93. The number of halogens is 1. The lowest BCUT2D eigenvalue weighted by atomic mass is 9.94. The standard InChI is InChI=1S/C22H23ClN2O3/c23-17-9-7-15(8-10-17)22(27)25-12-3-4-16(14-25)21(26)24-19-11-13-28-20-6-2-1-5-18(19)20/h1-2,5-10,16,19H,3-4,11-14H2,(H,24,26)/t16-,19-/m1/s1. The van der Waals surface area contributed by atoms with Gasteiger partial charge >= 0.3 is 0 Å². The first-order valence-corrected chi connectivity index (χ1v) is 10.1. The molecule has 0 aliphatic carbocycles. The van der Waals surface area contributed by atoms with E-state index in [2.05, 4.69) is 5.32 Å². The van der Waals surface area contributed by atoms with Gasteiger partial charge in [0.05, 0.1) is 18.6 Å². The van der Waals surface area contributed by atoms with Crippen LogP contribution in [0.15, 0.2) is 48.5 Å². The fourth-order valence-corrected chi connectivity index (χ4v) is 4.06. The van der Waals surface area contributed by atoms with Crippen LogP contribution in [0.4, 0.5) is 0 Å². The number of nitrogens with zero attached hydrogens (tertiary/aromatic N) is 1. The molecule has 146 valence electrons. The Morgan fingerprint density at radius 2 is 1.86 bits per heavy atom. The SMILES string of the molecule is O=C(N[C@@H]1CCOc2ccccc21)[C@@H]1CCCN(C(=O)c2ccc(Cl)cc2)C1. The Morgan fingerprint density at radius 3 is 2.68 bits per heavy atom. The predicted octanol–water partition coefficient (Wildman–Crippen LogP) is 3.83. The number of hydrogen-bond donors (Lipinski definition) is 1. The lowest BCUT2D eigenvalue weighted by Crippen LogP contribution is -2.46. The molecular weight excluding hydrogens is 376 g/mol. The second kappa shape index (κ2) is 8.23. The van der Waals surface area contributed by atoms with Crippen molar-refractivity contribution in [2.24, 2.45) is 5.92 Å². The van der Waals surface area contributed by atoms with E-state index >= 15 is 0 Å². The van der Waals surface area contributed by atoms with Gasteiger partial charge in [0.2, 0.25) is 5.91 Å². The van der Waals surface area contributed by atoms with Crippen molar-refractivity contribution >= 4 is 23.4 Å². The number of ether oxygens (including phenoxy) is 1. The molecule has 2 aromatic carbocycles. The van der Waals surface area contributed by atoms with Crippen LogP contribution in [0.25, 0.3) is 0 Å². The topological polar surface area (TPSA) is 58.6 Å². The van der Waals surface area contributed by atoms with Crippen molar-refractivity contribution in [3.8, 4) is 5.75 Å². The first kappa shape index (κ1) is 18.8. The van der Waals surface area contributed by atoms with E-state index in [0.29, 0.717) is 30.3 Å². The molecule has 0 aromatic heterocycles. The van der Waals surface area contributed by atoms with Crippen molar-refractivity contribution in [1.82, 2.24) is 10.2 Å². The molecule has 2 amide bonds. The summed E-state index contributed by atoms with van der Waals surface area (Å²) in [6.07, 6.45) is 2.37. The van der Waals surface area contributed by atoms with Gasteiger partial charge in [-0.15, -0.1) is 0 Å². The maximum absolute atomic E-state index is 12.9. The molecule has 1 saturated heterocycles. The number of amides is 2. The zero-order chi connectivity index (χ0) is 19.5. The molecule has 2 aliphatic rings. The van der Waals surface area contributed by atoms with Crippen molar-refractivity contribution in [3.05, 3.63) is 64.7 Å². The number of fused-ring (bicyclic) bond motifs is 1. The summed E-state index contributed by atoms with van der Waals surface area (Å²) in [6.45, 7) is 1.71. The van der Waals surface area contributed by atoms with Crippen molar-refractivity contribution in [2.45, 2.75) is 25.3 Å². The van der Waals surface area contributed by atoms with Crippen LogP contribution in [-0.2, 0) is 4.79 Å². The van der Waals surface area contributed by atoms with Gasteiger partial charge in [0.15, 0.2) is 0 Å². The molecular formula is C22H23ClN2O3. The highest BCUT2D eigenvalue weighted by atomic mass is 35.5. The first-order valence-electron chi connectivity index (χ1n) is 9.69. The minimum absolute atomic E-state index is 0.00955. The average Bonchev–Trinajstić information content (AvgIpc) is 2.74. The summed E-state index contributed by atoms with van der Waals surface area (Å²) in [6, 6.07) is 14.7. The Bertz CT molecular complexity index is 868. The fraction of sp³-hybridized carbons (Fsp3) is 0.364. The van der Waals surface area contributed by atoms with Crippen LogP contribution >= 0.6 is 11.6 Å². The number of piperidine rings is 1. The van der Waals surface area contributed by atoms with Gasteiger partial charge in [0.25, 0.3) is 5.91 Å². The summed E-state index contributed by atoms with van der Waals surface area (Å²) in [5.74, 6) is 0.600. The van der Waals surface area contributed by atoms with E-state index in [0.717, 1.165) is 30.6 Å². The van der Waals surface area contributed by atoms with Crippen LogP contribution < -0.4 is 10.1 Å². The van der Waals surface area contributed by atoms with Crippen molar-refractivity contribution in [1.29, 1.82) is 0 Å². The Morgan fingerprint density at radius 1 is 1.07 bits per heavy atom. The Balaban J connectivity index is 1.41. The Kier molecular flexibility index (Phi) is 5.53. The number of rotatable bonds is 3. The van der Waals surface area contributed by atoms with Gasteiger partial charge in [0.1, 0.15) is 5.75 Å². The van der Waals surface area contributed by atoms with E-state index in [1.165, 1.54) is 0 Å². The Hall–Kier alpha value is -2.53. The van der Waals surface area contributed by atoms with Crippen LogP contribution in [0.2, 0.25) is 5.02 Å². The monoisotopic (exact) mass is 398 g/mol. The lowest BCUT2D eigenvalue weighted by molar-refractivity contribution is -0.127. The van der Waals surface area contributed by atoms with Crippen LogP contribution in [0.3, 0.4) is 0 Å². The number of likely N-dealkylation sites (tertiary alicyclic amines) is 1. The van der Waals surface area contributed by atoms with Crippen LogP contribution in [0.5, 0.6) is 5.75 Å². The van der Waals surface area contributed by atoms with Gasteiger partial charge in [0, 0.05) is 35.7 Å². The molecule has 1 fully saturated rings. The summed E-state index contributed by atoms with van der Waals surface area (Å²) in [5, 5.41) is 3.78. The number of nitrogens with one attached hydrogen (secondary N) is 1. The maximum Gasteiger partial charge on any atom is 0.253 e. The average molecular weight is 399 g/mol. The molecule has 4 rings (SSSR count). The van der Waals surface area contributed by atoms with E-state index < -0.39 is 0 Å². The molecule has 2 aromatic rings. The molecule has 2 heterocycles. The van der Waals surface area contributed by atoms with E-state index in [4.69, 9.17) is 16.3 Å². The van der Waals surface area contributed by atoms with Gasteiger partial charge < -0.3 is 15.0 Å². The third kappa shape index (κ3) is 3.99. The smallest absolute Gasteiger partial charge is 0.253 e. The third-order valence-corrected chi connectivity index (χ3v) is 5.70. The normalized spacial score (nSPS) is 21.4. The number of carbonyl (C=O) groups is 2. The predicted molar refractivity (Wildman–Crippen MR) is 108 cm³/mol. The van der Waals surface area contributed by atoms with Gasteiger partial charge in [-0.25, -0.2) is 0 Å². The highest BCUT2D eigenvalue weighted by Gasteiger charge is 2.31. The molecule has 0 spiro atoms. The second-order valence-electron chi connectivity index (χ2n) is 7.33. The first-order chi connectivity index (χ1) is 13.6. The molecule has 0 bridgehead atoms. The van der Waals surface area contributed by atoms with E-state index in [1.54, 1.807) is 29.2 Å². The summed E-state index contributed by atoms with van der Waals surface area (Å²) in [7, 11) is 0. The largest absolute Gasteiger partial charge is 0.493 e. The van der Waals surface area contributed by atoms with Crippen molar-refractivity contribution < 1.29 is 14.3 Å². The minimum Gasteiger partial charge on any atom is -0.493 e. The van der Waals surface area contributed by atoms with Crippen molar-refractivity contribution in [2.75, 3.05) is 19.7 Å². The number of hydrogen-bond acceptors (Lipinski definition) is 3. The van der Waals surface area contributed by atoms with Crippen molar-refractivity contribution in [3.63, 3.8) is 0 Å². The summed E-state index contributed by atoms with van der Waals surface area (Å²) in [4.78, 5) is 27.5. The number of para-hydroxylation sites is 1. The Labute approximate surface area is 169 Å². The zero-order valence-corrected chi connectivity index (χ0v) is 16.3. The van der Waals surface area contributed by atoms with E-state index in [9.17, 15) is 9.59 Å². The highest BCUT2D eigenvalue weighted by Crippen LogP contribution is 2.32. The summed E-state index contributed by atoms with van der Waals surface area (Å²) < 4.78 is 5.67. The molecule has 2 atom stereocenters. The van der Waals surface area contributed by atoms with E-state index in [1.807, 2.05) is 24.3 Å². The molecule has 0 radical (unpaired) electrons. The van der Waals surface area contributed by atoms with Gasteiger partial charge in [-0.1, -0.05) is 29.8 Å². The quantitative estimate of drug-likeness (QED) is 0.854. The molecule has 5 nitrogen and oxygen atoms in total. The zero-order valence-electron chi connectivity index (χ0n) is 15.6.